The topological polar surface area (TPSA) is 57.9 Å². The summed E-state index contributed by atoms with van der Waals surface area (Å²) < 4.78 is 5.83. The minimum absolute atomic E-state index is 0.375. The third kappa shape index (κ3) is 2.75. The number of aromatic nitrogens is 1. The summed E-state index contributed by atoms with van der Waals surface area (Å²) >= 11 is 6.04. The largest absolute Gasteiger partial charge is 0.378 e. The Balaban J connectivity index is 1.66. The molecule has 118 valence electrons. The average molecular weight is 328 g/mol. The molecule has 0 spiro atoms. The lowest BCUT2D eigenvalue weighted by Gasteiger charge is -2.33. The first-order valence-corrected chi connectivity index (χ1v) is 8.51. The standard InChI is InChI=1S/C18H18ClN3O/c19-12-4-5-16-14(9-12)11(10-20)8-18(22-16)21-15-2-1-3-17-13(15)6-7-23-17/h4-5,8-9,13,15,17H,1-3,6-7H2,(H,21,22). The molecule has 1 saturated carbocycles. The van der Waals surface area contributed by atoms with Gasteiger partial charge in [0.2, 0.25) is 0 Å². The average Bonchev–Trinajstić information content (AvgIpc) is 3.04. The molecule has 3 unspecified atom stereocenters. The highest BCUT2D eigenvalue weighted by Crippen LogP contribution is 2.36. The lowest BCUT2D eigenvalue weighted by Crippen LogP contribution is -2.38. The van der Waals surface area contributed by atoms with Crippen molar-refractivity contribution < 1.29 is 4.74 Å². The highest BCUT2D eigenvalue weighted by Gasteiger charge is 2.37. The summed E-state index contributed by atoms with van der Waals surface area (Å²) in [6.45, 7) is 0.862. The van der Waals surface area contributed by atoms with Crippen LogP contribution in [0.25, 0.3) is 10.9 Å². The molecule has 1 N–H and O–H groups in total. The number of fused-ring (bicyclic) bond motifs is 2. The fourth-order valence-electron chi connectivity index (χ4n) is 3.91. The van der Waals surface area contributed by atoms with Crippen LogP contribution in [0.2, 0.25) is 5.02 Å². The first-order chi connectivity index (χ1) is 11.2. The fourth-order valence-corrected chi connectivity index (χ4v) is 4.08. The van der Waals surface area contributed by atoms with E-state index >= 15 is 0 Å². The first-order valence-electron chi connectivity index (χ1n) is 8.13. The van der Waals surface area contributed by atoms with E-state index in [9.17, 15) is 5.26 Å². The van der Waals surface area contributed by atoms with Crippen LogP contribution in [-0.4, -0.2) is 23.7 Å². The Bertz CT molecular complexity index is 786. The monoisotopic (exact) mass is 327 g/mol. The molecular formula is C18H18ClN3O. The van der Waals surface area contributed by atoms with Gasteiger partial charge in [0.25, 0.3) is 0 Å². The van der Waals surface area contributed by atoms with Crippen molar-refractivity contribution in [2.45, 2.75) is 37.8 Å². The van der Waals surface area contributed by atoms with Crippen molar-refractivity contribution in [2.75, 3.05) is 11.9 Å². The van der Waals surface area contributed by atoms with Crippen molar-refractivity contribution >= 4 is 28.3 Å². The molecule has 1 saturated heterocycles. The van der Waals surface area contributed by atoms with Gasteiger partial charge in [-0.25, -0.2) is 4.98 Å². The Labute approximate surface area is 140 Å². The van der Waals surface area contributed by atoms with Crippen LogP contribution < -0.4 is 5.32 Å². The molecule has 2 aliphatic rings. The van der Waals surface area contributed by atoms with E-state index in [1.807, 2.05) is 18.2 Å². The number of nitrogens with zero attached hydrogens (tertiary/aromatic N) is 2. The van der Waals surface area contributed by atoms with Gasteiger partial charge in [-0.3, -0.25) is 0 Å². The van der Waals surface area contributed by atoms with E-state index in [2.05, 4.69) is 16.4 Å². The number of ether oxygens (including phenoxy) is 1. The van der Waals surface area contributed by atoms with E-state index < -0.39 is 0 Å². The van der Waals surface area contributed by atoms with Crippen LogP contribution >= 0.6 is 11.6 Å². The molecule has 2 aromatic rings. The van der Waals surface area contributed by atoms with E-state index in [1.165, 1.54) is 6.42 Å². The van der Waals surface area contributed by atoms with Gasteiger partial charge < -0.3 is 10.1 Å². The van der Waals surface area contributed by atoms with Gasteiger partial charge in [0.05, 0.1) is 23.3 Å². The summed E-state index contributed by atoms with van der Waals surface area (Å²) in [5.41, 5.74) is 1.40. The van der Waals surface area contributed by atoms with Gasteiger partial charge in [0.1, 0.15) is 5.82 Å². The minimum Gasteiger partial charge on any atom is -0.378 e. The Morgan fingerprint density at radius 1 is 1.26 bits per heavy atom. The molecule has 4 rings (SSSR count). The van der Waals surface area contributed by atoms with Crippen molar-refractivity contribution in [3.8, 4) is 6.07 Å². The zero-order valence-electron chi connectivity index (χ0n) is 12.8. The minimum atomic E-state index is 0.375. The highest BCUT2D eigenvalue weighted by molar-refractivity contribution is 6.31. The van der Waals surface area contributed by atoms with E-state index in [-0.39, 0.29) is 0 Å². The van der Waals surface area contributed by atoms with Crippen molar-refractivity contribution in [3.05, 3.63) is 34.9 Å². The van der Waals surface area contributed by atoms with Crippen molar-refractivity contribution in [1.29, 1.82) is 5.26 Å². The number of hydrogen-bond acceptors (Lipinski definition) is 4. The highest BCUT2D eigenvalue weighted by atomic mass is 35.5. The lowest BCUT2D eigenvalue weighted by molar-refractivity contribution is 0.0619. The first kappa shape index (κ1) is 14.7. The maximum Gasteiger partial charge on any atom is 0.128 e. The third-order valence-corrected chi connectivity index (χ3v) is 5.24. The SMILES string of the molecule is N#Cc1cc(NC2CCCC3OCCC23)nc2ccc(Cl)cc12. The second-order valence-electron chi connectivity index (χ2n) is 6.37. The molecule has 1 aliphatic heterocycles. The second kappa shape index (κ2) is 5.99. The molecule has 1 aliphatic carbocycles. The van der Waals surface area contributed by atoms with E-state index in [0.717, 1.165) is 42.6 Å². The predicted octanol–water partition coefficient (Wildman–Crippen LogP) is 4.13. The number of pyridine rings is 1. The van der Waals surface area contributed by atoms with Gasteiger partial charge in [-0.2, -0.15) is 5.26 Å². The molecule has 4 nitrogen and oxygen atoms in total. The summed E-state index contributed by atoms with van der Waals surface area (Å²) in [7, 11) is 0. The van der Waals surface area contributed by atoms with Crippen molar-refractivity contribution in [1.82, 2.24) is 4.98 Å². The Kier molecular flexibility index (Phi) is 3.84. The zero-order chi connectivity index (χ0) is 15.8. The molecule has 0 bridgehead atoms. The van der Waals surface area contributed by atoms with Crippen LogP contribution in [0.3, 0.4) is 0 Å². The van der Waals surface area contributed by atoms with Crippen LogP contribution in [0.5, 0.6) is 0 Å². The van der Waals surface area contributed by atoms with E-state index in [0.29, 0.717) is 28.6 Å². The zero-order valence-corrected chi connectivity index (χ0v) is 13.5. The van der Waals surface area contributed by atoms with Gasteiger partial charge in [-0.1, -0.05) is 11.6 Å². The molecule has 0 radical (unpaired) electrons. The Hall–Kier alpha value is -1.83. The Morgan fingerprint density at radius 2 is 2.17 bits per heavy atom. The van der Waals surface area contributed by atoms with Gasteiger partial charge in [-0.15, -0.1) is 0 Å². The van der Waals surface area contributed by atoms with Crippen molar-refractivity contribution in [2.24, 2.45) is 5.92 Å². The molecule has 2 heterocycles. The van der Waals surface area contributed by atoms with Crippen LogP contribution in [0.4, 0.5) is 5.82 Å². The summed E-state index contributed by atoms with van der Waals surface area (Å²) in [4.78, 5) is 4.67. The quantitative estimate of drug-likeness (QED) is 0.901. The maximum atomic E-state index is 9.44. The number of rotatable bonds is 2. The maximum absolute atomic E-state index is 9.44. The molecule has 23 heavy (non-hydrogen) atoms. The fraction of sp³-hybridized carbons (Fsp3) is 0.444. The normalized spacial score (nSPS) is 26.7. The predicted molar refractivity (Wildman–Crippen MR) is 90.6 cm³/mol. The van der Waals surface area contributed by atoms with Crippen LogP contribution in [-0.2, 0) is 4.74 Å². The Morgan fingerprint density at radius 3 is 3.04 bits per heavy atom. The molecule has 3 atom stereocenters. The number of benzene rings is 1. The van der Waals surface area contributed by atoms with Crippen LogP contribution in [0.1, 0.15) is 31.2 Å². The second-order valence-corrected chi connectivity index (χ2v) is 6.81. The molecule has 1 aromatic carbocycles. The number of nitriles is 1. The number of halogens is 1. The molecule has 1 aromatic heterocycles. The number of hydrogen-bond donors (Lipinski definition) is 1. The third-order valence-electron chi connectivity index (χ3n) is 5.01. The summed E-state index contributed by atoms with van der Waals surface area (Å²) in [5, 5.41) is 14.4. The smallest absolute Gasteiger partial charge is 0.128 e. The lowest BCUT2D eigenvalue weighted by atomic mass is 9.82. The van der Waals surface area contributed by atoms with Crippen molar-refractivity contribution in [3.63, 3.8) is 0 Å². The molecule has 5 heteroatoms. The van der Waals surface area contributed by atoms with Crippen LogP contribution in [0.15, 0.2) is 24.3 Å². The molecule has 2 fully saturated rings. The summed E-state index contributed by atoms with van der Waals surface area (Å²) in [6, 6.07) is 9.94. The summed E-state index contributed by atoms with van der Waals surface area (Å²) in [6.07, 6.45) is 4.96. The van der Waals surface area contributed by atoms with E-state index in [4.69, 9.17) is 16.3 Å². The number of anilines is 1. The van der Waals surface area contributed by atoms with Gasteiger partial charge in [-0.05, 0) is 49.9 Å². The molecular weight excluding hydrogens is 310 g/mol. The van der Waals surface area contributed by atoms with Gasteiger partial charge in [0, 0.05) is 29.0 Å². The molecule has 0 amide bonds. The van der Waals surface area contributed by atoms with Gasteiger partial charge >= 0.3 is 0 Å². The number of nitrogens with one attached hydrogen (secondary N) is 1. The summed E-state index contributed by atoms with van der Waals surface area (Å²) in [5.74, 6) is 1.32. The van der Waals surface area contributed by atoms with Crippen LogP contribution in [0, 0.1) is 17.2 Å². The van der Waals surface area contributed by atoms with E-state index in [1.54, 1.807) is 6.07 Å². The van der Waals surface area contributed by atoms with Gasteiger partial charge in [0.15, 0.2) is 0 Å².